The van der Waals surface area contributed by atoms with Gasteiger partial charge in [0.1, 0.15) is 10.7 Å². The van der Waals surface area contributed by atoms with E-state index in [1.165, 1.54) is 12.5 Å². The third kappa shape index (κ3) is 3.14. The number of nitrogens with two attached hydrogens (primary N) is 1. The van der Waals surface area contributed by atoms with Crippen molar-refractivity contribution in [3.63, 3.8) is 0 Å². The normalized spacial score (nSPS) is 11.7. The summed E-state index contributed by atoms with van der Waals surface area (Å²) in [5, 5.41) is 0. The standard InChI is InChI=1S/C11H10BrFN2O3S/c12-8-3-9(13)11(4-10(8)14)19(16,17)15-5-7-1-2-18-6-7/h1-4,6,15H,5,14H2. The molecule has 1 aromatic carbocycles. The van der Waals surface area contributed by atoms with Gasteiger partial charge in [0.05, 0.1) is 12.5 Å². The third-order valence-corrected chi connectivity index (χ3v) is 4.49. The van der Waals surface area contributed by atoms with E-state index in [-0.39, 0.29) is 12.2 Å². The minimum absolute atomic E-state index is 0.00818. The summed E-state index contributed by atoms with van der Waals surface area (Å²) >= 11 is 3.02. The number of furan rings is 1. The van der Waals surface area contributed by atoms with E-state index >= 15 is 0 Å². The van der Waals surface area contributed by atoms with Gasteiger partial charge in [-0.15, -0.1) is 0 Å². The molecule has 0 atom stereocenters. The lowest BCUT2D eigenvalue weighted by Crippen LogP contribution is -2.24. The zero-order valence-corrected chi connectivity index (χ0v) is 12.0. The van der Waals surface area contributed by atoms with Crippen LogP contribution in [0.5, 0.6) is 0 Å². The molecule has 0 fully saturated rings. The first-order chi connectivity index (χ1) is 8.90. The van der Waals surface area contributed by atoms with E-state index in [2.05, 4.69) is 20.7 Å². The smallest absolute Gasteiger partial charge is 0.243 e. The second-order valence-corrected chi connectivity index (χ2v) is 6.35. The summed E-state index contributed by atoms with van der Waals surface area (Å²) in [6.45, 7) is 0.00818. The van der Waals surface area contributed by atoms with Crippen LogP contribution in [0.15, 0.2) is 44.5 Å². The highest BCUT2D eigenvalue weighted by Crippen LogP contribution is 2.26. The first-order valence-corrected chi connectivity index (χ1v) is 7.43. The molecule has 0 aliphatic rings. The molecule has 2 rings (SSSR count). The first-order valence-electron chi connectivity index (χ1n) is 5.15. The summed E-state index contributed by atoms with van der Waals surface area (Å²) in [4.78, 5) is -0.489. The summed E-state index contributed by atoms with van der Waals surface area (Å²) in [5.74, 6) is -0.874. The van der Waals surface area contributed by atoms with E-state index in [9.17, 15) is 12.8 Å². The van der Waals surface area contributed by atoms with Gasteiger partial charge in [0.2, 0.25) is 10.0 Å². The van der Waals surface area contributed by atoms with Crippen LogP contribution in [0, 0.1) is 5.82 Å². The van der Waals surface area contributed by atoms with Gasteiger partial charge in [0.15, 0.2) is 0 Å². The van der Waals surface area contributed by atoms with Crippen molar-refractivity contribution >= 4 is 31.6 Å². The molecule has 0 aliphatic carbocycles. The Hall–Kier alpha value is -1.38. The van der Waals surface area contributed by atoms with Gasteiger partial charge in [0, 0.05) is 22.3 Å². The molecule has 2 aromatic rings. The topological polar surface area (TPSA) is 85.3 Å². The van der Waals surface area contributed by atoms with E-state index in [1.807, 2.05) is 0 Å². The van der Waals surface area contributed by atoms with Crippen molar-refractivity contribution in [1.29, 1.82) is 0 Å². The fourth-order valence-corrected chi connectivity index (χ4v) is 2.83. The van der Waals surface area contributed by atoms with Crippen LogP contribution in [-0.2, 0) is 16.6 Å². The second-order valence-electron chi connectivity index (χ2n) is 3.76. The van der Waals surface area contributed by atoms with Crippen molar-refractivity contribution in [1.82, 2.24) is 4.72 Å². The van der Waals surface area contributed by atoms with Gasteiger partial charge in [0.25, 0.3) is 0 Å². The lowest BCUT2D eigenvalue weighted by atomic mass is 10.3. The Morgan fingerprint density at radius 1 is 1.42 bits per heavy atom. The molecule has 0 radical (unpaired) electrons. The van der Waals surface area contributed by atoms with Crippen LogP contribution in [-0.4, -0.2) is 8.42 Å². The quantitative estimate of drug-likeness (QED) is 0.829. The molecule has 102 valence electrons. The average Bonchev–Trinajstić information content (AvgIpc) is 2.84. The summed E-state index contributed by atoms with van der Waals surface area (Å²) in [6, 6.07) is 3.69. The maximum Gasteiger partial charge on any atom is 0.243 e. The molecule has 1 heterocycles. The first kappa shape index (κ1) is 14.0. The van der Waals surface area contributed by atoms with Gasteiger partial charge in [-0.2, -0.15) is 0 Å². The number of rotatable bonds is 4. The van der Waals surface area contributed by atoms with Gasteiger partial charge in [-0.1, -0.05) is 0 Å². The van der Waals surface area contributed by atoms with E-state index < -0.39 is 20.7 Å². The number of hydrogen-bond donors (Lipinski definition) is 2. The Morgan fingerprint density at radius 3 is 2.79 bits per heavy atom. The minimum Gasteiger partial charge on any atom is -0.472 e. The van der Waals surface area contributed by atoms with Crippen LogP contribution in [0.1, 0.15) is 5.56 Å². The summed E-state index contributed by atoms with van der Waals surface area (Å²) in [6.07, 6.45) is 2.82. The summed E-state index contributed by atoms with van der Waals surface area (Å²) < 4.78 is 45.0. The number of sulfonamides is 1. The lowest BCUT2D eigenvalue weighted by Gasteiger charge is -2.08. The Bertz CT molecular complexity index is 686. The number of anilines is 1. The van der Waals surface area contributed by atoms with Crippen LogP contribution in [0.3, 0.4) is 0 Å². The summed E-state index contributed by atoms with van der Waals surface area (Å²) in [5.41, 5.74) is 6.33. The van der Waals surface area contributed by atoms with Gasteiger partial charge in [-0.3, -0.25) is 0 Å². The predicted octanol–water partition coefficient (Wildman–Crippen LogP) is 2.24. The molecule has 5 nitrogen and oxygen atoms in total. The fraction of sp³-hybridized carbons (Fsp3) is 0.0909. The Balaban J connectivity index is 2.27. The molecule has 0 bridgehead atoms. The monoisotopic (exact) mass is 348 g/mol. The van der Waals surface area contributed by atoms with Crippen molar-refractivity contribution in [3.8, 4) is 0 Å². The molecule has 19 heavy (non-hydrogen) atoms. The highest BCUT2D eigenvalue weighted by molar-refractivity contribution is 9.10. The molecular formula is C11H10BrFN2O3S. The maximum atomic E-state index is 13.7. The Morgan fingerprint density at radius 2 is 2.16 bits per heavy atom. The van der Waals surface area contributed by atoms with Crippen molar-refractivity contribution in [2.24, 2.45) is 0 Å². The number of benzene rings is 1. The molecule has 0 spiro atoms. The van der Waals surface area contributed by atoms with Gasteiger partial charge < -0.3 is 10.2 Å². The Labute approximate surface area is 117 Å². The molecule has 0 amide bonds. The van der Waals surface area contributed by atoms with Crippen LogP contribution >= 0.6 is 15.9 Å². The predicted molar refractivity (Wildman–Crippen MR) is 71.2 cm³/mol. The third-order valence-electron chi connectivity index (χ3n) is 2.39. The van der Waals surface area contributed by atoms with Crippen molar-refractivity contribution in [3.05, 3.63) is 46.6 Å². The van der Waals surface area contributed by atoms with Crippen molar-refractivity contribution in [2.45, 2.75) is 11.4 Å². The zero-order chi connectivity index (χ0) is 14.0. The molecular weight excluding hydrogens is 339 g/mol. The zero-order valence-electron chi connectivity index (χ0n) is 9.56. The minimum atomic E-state index is -3.97. The maximum absolute atomic E-state index is 13.7. The van der Waals surface area contributed by atoms with Crippen LogP contribution in [0.25, 0.3) is 0 Å². The molecule has 0 saturated heterocycles. The molecule has 1 aromatic heterocycles. The van der Waals surface area contributed by atoms with E-state index in [0.717, 1.165) is 12.1 Å². The van der Waals surface area contributed by atoms with Crippen molar-refractivity contribution < 1.29 is 17.2 Å². The van der Waals surface area contributed by atoms with Crippen LogP contribution in [0.4, 0.5) is 10.1 Å². The summed E-state index contributed by atoms with van der Waals surface area (Å²) in [7, 11) is -3.97. The van der Waals surface area contributed by atoms with Gasteiger partial charge in [-0.25, -0.2) is 17.5 Å². The van der Waals surface area contributed by atoms with E-state index in [4.69, 9.17) is 10.2 Å². The number of nitrogens with one attached hydrogen (secondary N) is 1. The van der Waals surface area contributed by atoms with Crippen LogP contribution in [0.2, 0.25) is 0 Å². The number of nitrogen functional groups attached to an aromatic ring is 1. The number of halogens is 2. The van der Waals surface area contributed by atoms with Crippen molar-refractivity contribution in [2.75, 3.05) is 5.73 Å². The number of hydrogen-bond acceptors (Lipinski definition) is 4. The van der Waals surface area contributed by atoms with Crippen LogP contribution < -0.4 is 10.5 Å². The highest BCUT2D eigenvalue weighted by Gasteiger charge is 2.20. The van der Waals surface area contributed by atoms with Gasteiger partial charge in [-0.05, 0) is 34.1 Å². The molecule has 8 heteroatoms. The Kier molecular flexibility index (Phi) is 3.93. The SMILES string of the molecule is Nc1cc(S(=O)(=O)NCc2ccoc2)c(F)cc1Br. The lowest BCUT2D eigenvalue weighted by molar-refractivity contribution is 0.553. The largest absolute Gasteiger partial charge is 0.472 e. The van der Waals surface area contributed by atoms with Gasteiger partial charge >= 0.3 is 0 Å². The second kappa shape index (κ2) is 5.32. The molecule has 0 unspecified atom stereocenters. The highest BCUT2D eigenvalue weighted by atomic mass is 79.9. The van der Waals surface area contributed by atoms with E-state index in [0.29, 0.717) is 10.0 Å². The average molecular weight is 349 g/mol. The molecule has 0 aliphatic heterocycles. The van der Waals surface area contributed by atoms with E-state index in [1.54, 1.807) is 6.07 Å². The fourth-order valence-electron chi connectivity index (χ4n) is 1.40. The molecule has 0 saturated carbocycles. The molecule has 3 N–H and O–H groups in total.